The molecule has 0 aromatic heterocycles. The molecule has 0 radical (unpaired) electrons. The maximum Gasteiger partial charge on any atom is 0.508 e. The first-order valence-corrected chi connectivity index (χ1v) is 9.33. The lowest BCUT2D eigenvalue weighted by Gasteiger charge is -2.21. The summed E-state index contributed by atoms with van der Waals surface area (Å²) >= 11 is 0. The molecule has 0 fully saturated rings. The molecule has 156 valence electrons. The lowest BCUT2D eigenvalue weighted by Crippen LogP contribution is -2.29. The molecule has 0 aromatic carbocycles. The van der Waals surface area contributed by atoms with Gasteiger partial charge in [-0.15, -0.1) is 0 Å². The summed E-state index contributed by atoms with van der Waals surface area (Å²) in [6.07, 6.45) is -0.426. The third kappa shape index (κ3) is 15.4. The maximum atomic E-state index is 11.9. The van der Waals surface area contributed by atoms with Crippen LogP contribution in [0, 0.1) is 10.8 Å². The molecule has 2 unspecified atom stereocenters. The van der Waals surface area contributed by atoms with Gasteiger partial charge in [-0.1, -0.05) is 55.4 Å². The van der Waals surface area contributed by atoms with Gasteiger partial charge in [0.15, 0.2) is 0 Å². The Labute approximate surface area is 158 Å². The third-order valence-corrected chi connectivity index (χ3v) is 3.09. The zero-order valence-corrected chi connectivity index (χ0v) is 17.8. The summed E-state index contributed by atoms with van der Waals surface area (Å²) in [5.74, 6) is 0. The van der Waals surface area contributed by atoms with E-state index < -0.39 is 18.4 Å². The Hall–Kier alpha value is -0.890. The number of carbonyl (C=O) groups is 1. The van der Waals surface area contributed by atoms with Gasteiger partial charge >= 0.3 is 6.16 Å². The number of carbonyl (C=O) groups excluding carboxylic acids is 1. The van der Waals surface area contributed by atoms with Crippen molar-refractivity contribution in [1.29, 1.82) is 0 Å². The summed E-state index contributed by atoms with van der Waals surface area (Å²) < 4.78 is 10.5. The van der Waals surface area contributed by atoms with Gasteiger partial charge in [0, 0.05) is 0 Å². The lowest BCUT2D eigenvalue weighted by atomic mass is 9.99. The summed E-state index contributed by atoms with van der Waals surface area (Å²) in [6.45, 7) is 17.3. The van der Waals surface area contributed by atoms with Gasteiger partial charge in [-0.3, -0.25) is 0 Å². The molecule has 0 bridgehead atoms. The van der Waals surface area contributed by atoms with Gasteiger partial charge in [0.25, 0.3) is 0 Å². The first-order valence-electron chi connectivity index (χ1n) is 9.33. The van der Waals surface area contributed by atoms with E-state index in [9.17, 15) is 4.79 Å². The van der Waals surface area contributed by atoms with Crippen molar-refractivity contribution in [3.63, 3.8) is 0 Å². The van der Waals surface area contributed by atoms with Crippen LogP contribution in [0.4, 0.5) is 4.79 Å². The van der Waals surface area contributed by atoms with Crippen molar-refractivity contribution >= 4 is 6.16 Å². The molecule has 0 saturated carbocycles. The smallest absolute Gasteiger partial charge is 0.428 e. The second kappa shape index (κ2) is 12.5. The van der Waals surface area contributed by atoms with E-state index >= 15 is 0 Å². The largest absolute Gasteiger partial charge is 0.508 e. The molecule has 26 heavy (non-hydrogen) atoms. The average molecular weight is 379 g/mol. The number of ether oxygens (including phenoxy) is 2. The van der Waals surface area contributed by atoms with Crippen LogP contribution in [0.1, 0.15) is 68.2 Å². The number of rotatable bonds is 12. The highest BCUT2D eigenvalue weighted by molar-refractivity contribution is 5.60. The molecule has 7 heteroatoms. The van der Waals surface area contributed by atoms with Crippen molar-refractivity contribution in [2.24, 2.45) is 10.8 Å². The summed E-state index contributed by atoms with van der Waals surface area (Å²) in [6, 6.07) is 0. The Kier molecular flexibility index (Phi) is 12.1. The van der Waals surface area contributed by atoms with Gasteiger partial charge in [0.05, 0.1) is 13.2 Å². The van der Waals surface area contributed by atoms with Gasteiger partial charge in [0.1, 0.15) is 25.4 Å². The minimum Gasteiger partial charge on any atom is -0.428 e. The molecule has 7 nitrogen and oxygen atoms in total. The summed E-state index contributed by atoms with van der Waals surface area (Å²) in [5.41, 5.74) is 0.00974. The Morgan fingerprint density at radius 1 is 0.692 bits per heavy atom. The van der Waals surface area contributed by atoms with Crippen molar-refractivity contribution in [2.75, 3.05) is 26.4 Å². The predicted molar refractivity (Wildman–Crippen MR) is 98.4 cm³/mol. The molecule has 0 aliphatic rings. The van der Waals surface area contributed by atoms with Crippen LogP contribution in [0.25, 0.3) is 0 Å². The molecule has 0 amide bonds. The van der Waals surface area contributed by atoms with Crippen LogP contribution in [0.15, 0.2) is 0 Å². The SMILES string of the molecule is CCC(COOCC(C)(C)C)OC(=O)OC(CC)COOCC(C)(C)C. The first kappa shape index (κ1) is 25.1. The molecule has 0 saturated heterocycles. The molecular formula is C19H38O7. The van der Waals surface area contributed by atoms with Crippen molar-refractivity contribution in [2.45, 2.75) is 80.4 Å². The fourth-order valence-electron chi connectivity index (χ4n) is 1.46. The maximum absolute atomic E-state index is 11.9. The van der Waals surface area contributed by atoms with Crippen LogP contribution in [-0.4, -0.2) is 44.8 Å². The normalized spacial score (nSPS) is 14.8. The van der Waals surface area contributed by atoms with E-state index in [-0.39, 0.29) is 24.0 Å². The molecule has 0 aliphatic carbocycles. The molecule has 0 spiro atoms. The van der Waals surface area contributed by atoms with Crippen molar-refractivity contribution in [3.05, 3.63) is 0 Å². The minimum absolute atomic E-state index is 0.00487. The van der Waals surface area contributed by atoms with Gasteiger partial charge in [-0.05, 0) is 23.7 Å². The molecule has 2 atom stereocenters. The van der Waals surface area contributed by atoms with Crippen molar-refractivity contribution in [1.82, 2.24) is 0 Å². The van der Waals surface area contributed by atoms with Crippen LogP contribution in [0.5, 0.6) is 0 Å². The fraction of sp³-hybridized carbons (Fsp3) is 0.947. The summed E-state index contributed by atoms with van der Waals surface area (Å²) in [5, 5.41) is 0. The molecule has 0 aromatic rings. The van der Waals surface area contributed by atoms with Crippen molar-refractivity contribution in [3.8, 4) is 0 Å². The predicted octanol–water partition coefficient (Wildman–Crippen LogP) is 4.69. The van der Waals surface area contributed by atoms with Crippen LogP contribution < -0.4 is 0 Å². The highest BCUT2D eigenvalue weighted by Crippen LogP contribution is 2.14. The summed E-state index contributed by atoms with van der Waals surface area (Å²) in [4.78, 5) is 32.5. The van der Waals surface area contributed by atoms with E-state index in [0.29, 0.717) is 26.1 Å². The highest BCUT2D eigenvalue weighted by atomic mass is 17.2. The molecular weight excluding hydrogens is 340 g/mol. The lowest BCUT2D eigenvalue weighted by molar-refractivity contribution is -0.319. The van der Waals surface area contributed by atoms with Gasteiger partial charge in [-0.25, -0.2) is 24.3 Å². The Morgan fingerprint density at radius 2 is 1.04 bits per heavy atom. The topological polar surface area (TPSA) is 72.5 Å². The van der Waals surface area contributed by atoms with E-state index in [4.69, 9.17) is 29.0 Å². The van der Waals surface area contributed by atoms with E-state index in [1.54, 1.807) is 0 Å². The fourth-order valence-corrected chi connectivity index (χ4v) is 1.46. The van der Waals surface area contributed by atoms with E-state index in [1.165, 1.54) is 0 Å². The van der Waals surface area contributed by atoms with Crippen LogP contribution >= 0.6 is 0 Å². The quantitative estimate of drug-likeness (QED) is 0.211. The molecule has 0 rings (SSSR count). The van der Waals surface area contributed by atoms with Crippen molar-refractivity contribution < 1.29 is 33.8 Å². The zero-order valence-electron chi connectivity index (χ0n) is 17.8. The second-order valence-electron chi connectivity index (χ2n) is 8.76. The molecule has 0 heterocycles. The van der Waals surface area contributed by atoms with Gasteiger partial charge in [-0.2, -0.15) is 0 Å². The van der Waals surface area contributed by atoms with Crippen LogP contribution in [-0.2, 0) is 29.0 Å². The van der Waals surface area contributed by atoms with Crippen LogP contribution in [0.2, 0.25) is 0 Å². The molecule has 0 N–H and O–H groups in total. The van der Waals surface area contributed by atoms with Gasteiger partial charge < -0.3 is 9.47 Å². The average Bonchev–Trinajstić information content (AvgIpc) is 2.51. The number of hydrogen-bond acceptors (Lipinski definition) is 7. The minimum atomic E-state index is -0.748. The highest BCUT2D eigenvalue weighted by Gasteiger charge is 2.20. The zero-order chi connectivity index (χ0) is 20.2. The third-order valence-electron chi connectivity index (χ3n) is 3.09. The molecule has 0 aliphatic heterocycles. The monoisotopic (exact) mass is 378 g/mol. The Bertz CT molecular complexity index is 337. The second-order valence-corrected chi connectivity index (χ2v) is 8.76. The standard InChI is InChI=1S/C19H38O7/c1-9-15(11-21-23-13-18(3,4)5)25-17(20)26-16(10-2)12-22-24-14-19(6,7)8/h15-16H,9-14H2,1-8H3. The van der Waals surface area contributed by atoms with E-state index in [0.717, 1.165) is 0 Å². The van der Waals surface area contributed by atoms with Crippen LogP contribution in [0.3, 0.4) is 0 Å². The van der Waals surface area contributed by atoms with E-state index in [1.807, 2.05) is 55.4 Å². The van der Waals surface area contributed by atoms with Gasteiger partial charge in [0.2, 0.25) is 0 Å². The summed E-state index contributed by atoms with van der Waals surface area (Å²) in [7, 11) is 0. The Balaban J connectivity index is 4.08. The Morgan fingerprint density at radius 3 is 1.31 bits per heavy atom. The number of hydrogen-bond donors (Lipinski definition) is 0. The first-order chi connectivity index (χ1) is 12.0. The van der Waals surface area contributed by atoms with E-state index in [2.05, 4.69) is 0 Å².